The van der Waals surface area contributed by atoms with Crippen LogP contribution in [0.25, 0.3) is 11.5 Å². The van der Waals surface area contributed by atoms with Crippen LogP contribution in [0.3, 0.4) is 0 Å². The first-order valence-electron chi connectivity index (χ1n) is 8.92. The molecule has 0 amide bonds. The van der Waals surface area contributed by atoms with Crippen molar-refractivity contribution in [1.29, 1.82) is 0 Å². The minimum absolute atomic E-state index is 0.00929. The van der Waals surface area contributed by atoms with E-state index < -0.39 is 4.92 Å². The highest BCUT2D eigenvalue weighted by atomic mass is 16.6. The molecule has 0 spiro atoms. The third-order valence-corrected chi connectivity index (χ3v) is 4.70. The lowest BCUT2D eigenvalue weighted by atomic mass is 10.1. The normalized spacial score (nSPS) is 12.0. The third kappa shape index (κ3) is 4.52. The maximum Gasteiger partial charge on any atom is 0.269 e. The highest BCUT2D eigenvalue weighted by Crippen LogP contribution is 2.29. The van der Waals surface area contributed by atoms with E-state index in [1.807, 2.05) is 32.2 Å². The molecule has 1 atom stereocenters. The maximum atomic E-state index is 10.8. The van der Waals surface area contributed by atoms with E-state index in [4.69, 9.17) is 13.9 Å². The minimum Gasteiger partial charge on any atom is -0.497 e. The van der Waals surface area contributed by atoms with Crippen molar-refractivity contribution in [2.75, 3.05) is 21.3 Å². The molecule has 0 bridgehead atoms. The van der Waals surface area contributed by atoms with Gasteiger partial charge in [0, 0.05) is 35.9 Å². The lowest BCUT2D eigenvalue weighted by Crippen LogP contribution is -2.22. The number of nitrogens with zero attached hydrogens (tertiary/aromatic N) is 4. The van der Waals surface area contributed by atoms with Gasteiger partial charge in [0.2, 0.25) is 11.8 Å². The Morgan fingerprint density at radius 1 is 1.14 bits per heavy atom. The van der Waals surface area contributed by atoms with Crippen molar-refractivity contribution in [1.82, 2.24) is 15.1 Å². The maximum absolute atomic E-state index is 10.8. The SMILES string of the molecule is COc1ccc(CN(C)[C@H](C)c2nnc(-c3ccc([N+](=O)[O-])cc3)o2)c(OC)c1. The zero-order chi connectivity index (χ0) is 21.0. The fraction of sp³-hybridized carbons (Fsp3) is 0.300. The minimum atomic E-state index is -0.451. The van der Waals surface area contributed by atoms with Gasteiger partial charge in [0.15, 0.2) is 0 Å². The van der Waals surface area contributed by atoms with Gasteiger partial charge in [-0.25, -0.2) is 0 Å². The topological polar surface area (TPSA) is 104 Å². The Hall–Kier alpha value is -3.46. The van der Waals surface area contributed by atoms with Gasteiger partial charge >= 0.3 is 0 Å². The van der Waals surface area contributed by atoms with Crippen LogP contribution < -0.4 is 9.47 Å². The number of nitro benzene ring substituents is 1. The van der Waals surface area contributed by atoms with Crippen LogP contribution in [0, 0.1) is 10.1 Å². The third-order valence-electron chi connectivity index (χ3n) is 4.70. The predicted molar refractivity (Wildman–Crippen MR) is 106 cm³/mol. The van der Waals surface area contributed by atoms with Crippen molar-refractivity contribution in [2.24, 2.45) is 0 Å². The van der Waals surface area contributed by atoms with Crippen LogP contribution in [0.1, 0.15) is 24.4 Å². The summed E-state index contributed by atoms with van der Waals surface area (Å²) < 4.78 is 16.5. The summed E-state index contributed by atoms with van der Waals surface area (Å²) in [6.07, 6.45) is 0. The first-order chi connectivity index (χ1) is 13.9. The summed E-state index contributed by atoms with van der Waals surface area (Å²) in [6.45, 7) is 2.56. The number of methoxy groups -OCH3 is 2. The number of aromatic nitrogens is 2. The lowest BCUT2D eigenvalue weighted by molar-refractivity contribution is -0.384. The average molecular weight is 398 g/mol. The van der Waals surface area contributed by atoms with Crippen molar-refractivity contribution in [3.8, 4) is 23.0 Å². The number of rotatable bonds is 8. The van der Waals surface area contributed by atoms with Gasteiger partial charge in [0.05, 0.1) is 25.2 Å². The molecule has 29 heavy (non-hydrogen) atoms. The molecule has 2 aromatic carbocycles. The molecule has 0 radical (unpaired) electrons. The van der Waals surface area contributed by atoms with Crippen molar-refractivity contribution in [2.45, 2.75) is 19.5 Å². The average Bonchev–Trinajstić information content (AvgIpc) is 3.23. The molecular formula is C20H22N4O5. The Bertz CT molecular complexity index is 987. The summed E-state index contributed by atoms with van der Waals surface area (Å²) in [6, 6.07) is 11.5. The monoisotopic (exact) mass is 398 g/mol. The van der Waals surface area contributed by atoms with Crippen LogP contribution in [0.15, 0.2) is 46.9 Å². The van der Waals surface area contributed by atoms with Crippen LogP contribution in [0.4, 0.5) is 5.69 Å². The summed E-state index contributed by atoms with van der Waals surface area (Å²) in [4.78, 5) is 12.4. The molecule has 152 valence electrons. The molecule has 1 heterocycles. The van der Waals surface area contributed by atoms with Crippen molar-refractivity contribution in [3.05, 3.63) is 64.0 Å². The molecule has 0 aliphatic rings. The van der Waals surface area contributed by atoms with E-state index in [1.54, 1.807) is 26.4 Å². The van der Waals surface area contributed by atoms with Gasteiger partial charge in [-0.1, -0.05) is 6.07 Å². The van der Waals surface area contributed by atoms with E-state index in [0.29, 0.717) is 23.9 Å². The van der Waals surface area contributed by atoms with E-state index in [0.717, 1.165) is 17.1 Å². The Kier molecular flexibility index (Phi) is 6.08. The molecule has 0 aliphatic heterocycles. The number of non-ortho nitro benzene ring substituents is 1. The van der Waals surface area contributed by atoms with Gasteiger partial charge in [-0.15, -0.1) is 10.2 Å². The highest BCUT2D eigenvalue weighted by Gasteiger charge is 2.21. The Balaban J connectivity index is 1.74. The van der Waals surface area contributed by atoms with Crippen molar-refractivity contribution < 1.29 is 18.8 Å². The summed E-state index contributed by atoms with van der Waals surface area (Å²) in [5.74, 6) is 2.23. The molecule has 0 saturated carbocycles. The number of hydrogen-bond donors (Lipinski definition) is 0. The van der Waals surface area contributed by atoms with Crippen molar-refractivity contribution >= 4 is 5.69 Å². The van der Waals surface area contributed by atoms with Crippen LogP contribution in [-0.4, -0.2) is 41.3 Å². The molecule has 0 N–H and O–H groups in total. The standard InChI is InChI=1S/C20H22N4O5/c1-13(23(2)12-15-7-10-17(27-3)11-18(15)28-4)19-21-22-20(29-19)14-5-8-16(9-6-14)24(25)26/h5-11,13H,12H2,1-4H3/t13-/m1/s1. The largest absolute Gasteiger partial charge is 0.497 e. The number of nitro groups is 1. The first-order valence-corrected chi connectivity index (χ1v) is 8.92. The highest BCUT2D eigenvalue weighted by molar-refractivity contribution is 5.55. The summed E-state index contributed by atoms with van der Waals surface area (Å²) in [5, 5.41) is 19.0. The fourth-order valence-corrected chi connectivity index (χ4v) is 2.82. The predicted octanol–water partition coefficient (Wildman–Crippen LogP) is 3.86. The van der Waals surface area contributed by atoms with Gasteiger partial charge in [0.25, 0.3) is 5.69 Å². The second-order valence-corrected chi connectivity index (χ2v) is 6.52. The molecular weight excluding hydrogens is 376 g/mol. The van der Waals surface area contributed by atoms with Gasteiger partial charge in [-0.05, 0) is 32.2 Å². The second-order valence-electron chi connectivity index (χ2n) is 6.52. The smallest absolute Gasteiger partial charge is 0.269 e. The van der Waals surface area contributed by atoms with E-state index in [-0.39, 0.29) is 11.7 Å². The van der Waals surface area contributed by atoms with E-state index in [9.17, 15) is 10.1 Å². The molecule has 0 aliphatic carbocycles. The molecule has 0 saturated heterocycles. The molecule has 0 unspecified atom stereocenters. The lowest BCUT2D eigenvalue weighted by Gasteiger charge is -2.23. The van der Waals surface area contributed by atoms with Crippen molar-refractivity contribution in [3.63, 3.8) is 0 Å². The zero-order valence-electron chi connectivity index (χ0n) is 16.7. The van der Waals surface area contributed by atoms with E-state index >= 15 is 0 Å². The molecule has 1 aromatic heterocycles. The Labute approximate surface area is 168 Å². The van der Waals surface area contributed by atoms with Gasteiger partial charge < -0.3 is 13.9 Å². The number of ether oxygens (including phenoxy) is 2. The molecule has 3 aromatic rings. The Morgan fingerprint density at radius 3 is 2.48 bits per heavy atom. The molecule has 3 rings (SSSR count). The van der Waals surface area contributed by atoms with Crippen LogP contribution in [-0.2, 0) is 6.54 Å². The number of hydrogen-bond acceptors (Lipinski definition) is 8. The fourth-order valence-electron chi connectivity index (χ4n) is 2.82. The first kappa shape index (κ1) is 20.3. The summed E-state index contributed by atoms with van der Waals surface area (Å²) in [5.41, 5.74) is 1.63. The zero-order valence-corrected chi connectivity index (χ0v) is 16.7. The quantitative estimate of drug-likeness (QED) is 0.416. The van der Waals surface area contributed by atoms with Gasteiger partial charge in [-0.2, -0.15) is 0 Å². The number of benzene rings is 2. The van der Waals surface area contributed by atoms with E-state index in [1.165, 1.54) is 12.1 Å². The second kappa shape index (κ2) is 8.70. The molecule has 0 fully saturated rings. The Morgan fingerprint density at radius 2 is 1.86 bits per heavy atom. The summed E-state index contributed by atoms with van der Waals surface area (Å²) in [7, 11) is 5.18. The van der Waals surface area contributed by atoms with Gasteiger partial charge in [-0.3, -0.25) is 15.0 Å². The summed E-state index contributed by atoms with van der Waals surface area (Å²) >= 11 is 0. The van der Waals surface area contributed by atoms with Crippen LogP contribution >= 0.6 is 0 Å². The van der Waals surface area contributed by atoms with Crippen LogP contribution in [0.5, 0.6) is 11.5 Å². The van der Waals surface area contributed by atoms with Gasteiger partial charge in [0.1, 0.15) is 11.5 Å². The molecule has 9 nitrogen and oxygen atoms in total. The van der Waals surface area contributed by atoms with E-state index in [2.05, 4.69) is 15.1 Å². The molecule has 9 heteroatoms. The van der Waals surface area contributed by atoms with Crippen LogP contribution in [0.2, 0.25) is 0 Å².